The molecule has 1 aliphatic rings. The van der Waals surface area contributed by atoms with Crippen molar-refractivity contribution in [2.24, 2.45) is 0 Å². The van der Waals surface area contributed by atoms with Gasteiger partial charge in [0.2, 0.25) is 11.9 Å². The molecule has 21 heavy (non-hydrogen) atoms. The fourth-order valence-corrected chi connectivity index (χ4v) is 2.47. The summed E-state index contributed by atoms with van der Waals surface area (Å²) in [4.78, 5) is 12.6. The van der Waals surface area contributed by atoms with Crippen LogP contribution >= 0.6 is 0 Å². The normalized spacial score (nSPS) is 17.3. The summed E-state index contributed by atoms with van der Waals surface area (Å²) in [5.41, 5.74) is -0.658. The van der Waals surface area contributed by atoms with Crippen LogP contribution in [0.15, 0.2) is 0 Å². The molecular weight excluding hydrogens is 270 g/mol. The Morgan fingerprint density at radius 2 is 1.76 bits per heavy atom. The summed E-state index contributed by atoms with van der Waals surface area (Å²) in [7, 11) is 1.53. The monoisotopic (exact) mass is 295 g/mol. The van der Waals surface area contributed by atoms with E-state index in [1.807, 2.05) is 0 Å². The van der Waals surface area contributed by atoms with Gasteiger partial charge in [0, 0.05) is 13.1 Å². The van der Waals surface area contributed by atoms with Crippen LogP contribution in [0.2, 0.25) is 0 Å². The first-order valence-electron chi connectivity index (χ1n) is 7.65. The van der Waals surface area contributed by atoms with Crippen molar-refractivity contribution in [3.8, 4) is 6.01 Å². The maximum absolute atomic E-state index is 10.5. The molecule has 2 rings (SSSR count). The van der Waals surface area contributed by atoms with Crippen LogP contribution in [-0.2, 0) is 0 Å². The maximum Gasteiger partial charge on any atom is 0.322 e. The second-order valence-corrected chi connectivity index (χ2v) is 5.53. The van der Waals surface area contributed by atoms with Gasteiger partial charge in [-0.25, -0.2) is 0 Å². The third-order valence-corrected chi connectivity index (χ3v) is 3.69. The molecule has 0 amide bonds. The quantitative estimate of drug-likeness (QED) is 0.706. The largest absolute Gasteiger partial charge is 0.467 e. The molecule has 0 bridgehead atoms. The molecule has 0 radical (unpaired) electrons. The minimum absolute atomic E-state index is 0.265. The number of rotatable bonds is 7. The second kappa shape index (κ2) is 7.40. The molecule has 0 atom stereocenters. The summed E-state index contributed by atoms with van der Waals surface area (Å²) in [5, 5.41) is 16.7. The Bertz CT molecular complexity index is 449. The lowest BCUT2D eigenvalue weighted by atomic mass is 9.85. The van der Waals surface area contributed by atoms with Gasteiger partial charge in [-0.1, -0.05) is 26.2 Å². The number of nitrogens with one attached hydrogen (secondary N) is 2. The van der Waals surface area contributed by atoms with Gasteiger partial charge in [-0.2, -0.15) is 15.0 Å². The second-order valence-electron chi connectivity index (χ2n) is 5.53. The SMILES string of the molecule is CCCNc1nc(NCC2(O)CCCCC2)nc(OC)n1. The average Bonchev–Trinajstić information content (AvgIpc) is 2.51. The molecule has 0 unspecified atom stereocenters. The molecule has 1 fully saturated rings. The topological polar surface area (TPSA) is 92.2 Å². The van der Waals surface area contributed by atoms with Gasteiger partial charge in [0.25, 0.3) is 0 Å². The highest BCUT2D eigenvalue weighted by molar-refractivity contribution is 5.36. The molecule has 0 aliphatic heterocycles. The highest BCUT2D eigenvalue weighted by Crippen LogP contribution is 2.28. The molecular formula is C14H25N5O2. The Balaban J connectivity index is 2.00. The maximum atomic E-state index is 10.5. The first kappa shape index (κ1) is 15.8. The van der Waals surface area contributed by atoms with Crippen molar-refractivity contribution in [3.05, 3.63) is 0 Å². The van der Waals surface area contributed by atoms with Crippen LogP contribution in [0.5, 0.6) is 6.01 Å². The average molecular weight is 295 g/mol. The number of aromatic nitrogens is 3. The number of hydrogen-bond acceptors (Lipinski definition) is 7. The van der Waals surface area contributed by atoms with Crippen LogP contribution in [0.1, 0.15) is 45.4 Å². The van der Waals surface area contributed by atoms with Gasteiger partial charge in [-0.3, -0.25) is 0 Å². The summed E-state index contributed by atoms with van der Waals surface area (Å²) < 4.78 is 5.09. The van der Waals surface area contributed by atoms with E-state index in [-0.39, 0.29) is 6.01 Å². The summed E-state index contributed by atoms with van der Waals surface area (Å²) >= 11 is 0. The number of anilines is 2. The number of ether oxygens (including phenoxy) is 1. The van der Waals surface area contributed by atoms with E-state index in [4.69, 9.17) is 4.74 Å². The molecule has 118 valence electrons. The molecule has 0 spiro atoms. The van der Waals surface area contributed by atoms with Gasteiger partial charge in [0.1, 0.15) is 0 Å². The Labute approximate surface area is 125 Å². The third kappa shape index (κ3) is 4.70. The number of methoxy groups -OCH3 is 1. The van der Waals surface area contributed by atoms with Crippen molar-refractivity contribution in [1.29, 1.82) is 0 Å². The number of hydrogen-bond donors (Lipinski definition) is 3. The number of aliphatic hydroxyl groups is 1. The van der Waals surface area contributed by atoms with Crippen LogP contribution in [0.3, 0.4) is 0 Å². The lowest BCUT2D eigenvalue weighted by Gasteiger charge is -2.32. The van der Waals surface area contributed by atoms with Gasteiger partial charge >= 0.3 is 6.01 Å². The Hall–Kier alpha value is -1.63. The van der Waals surface area contributed by atoms with Gasteiger partial charge in [-0.05, 0) is 19.3 Å². The van der Waals surface area contributed by atoms with E-state index >= 15 is 0 Å². The zero-order chi connectivity index (χ0) is 15.1. The molecule has 1 aliphatic carbocycles. The molecule has 7 heteroatoms. The van der Waals surface area contributed by atoms with Crippen LogP contribution in [-0.4, -0.2) is 45.9 Å². The first-order chi connectivity index (χ1) is 10.1. The summed E-state index contributed by atoms with van der Waals surface area (Å²) in [5.74, 6) is 0.918. The van der Waals surface area contributed by atoms with Gasteiger partial charge in [-0.15, -0.1) is 0 Å². The van der Waals surface area contributed by atoms with Gasteiger partial charge in [0.15, 0.2) is 0 Å². The summed E-state index contributed by atoms with van der Waals surface area (Å²) in [6, 6.07) is 0.265. The lowest BCUT2D eigenvalue weighted by molar-refractivity contribution is 0.0165. The van der Waals surface area contributed by atoms with E-state index in [1.165, 1.54) is 13.5 Å². The number of nitrogens with zero attached hydrogens (tertiary/aromatic N) is 3. The van der Waals surface area contributed by atoms with Crippen molar-refractivity contribution >= 4 is 11.9 Å². The summed E-state index contributed by atoms with van der Waals surface area (Å²) in [6.07, 6.45) is 5.97. The van der Waals surface area contributed by atoms with Crippen LogP contribution < -0.4 is 15.4 Å². The molecule has 0 saturated heterocycles. The Kier molecular flexibility index (Phi) is 5.55. The van der Waals surface area contributed by atoms with Crippen LogP contribution in [0, 0.1) is 0 Å². The third-order valence-electron chi connectivity index (χ3n) is 3.69. The Morgan fingerprint density at radius 1 is 1.10 bits per heavy atom. The van der Waals surface area contributed by atoms with E-state index in [0.717, 1.165) is 38.6 Å². The zero-order valence-corrected chi connectivity index (χ0v) is 12.9. The van der Waals surface area contributed by atoms with Crippen LogP contribution in [0.4, 0.5) is 11.9 Å². The molecule has 3 N–H and O–H groups in total. The van der Waals surface area contributed by atoms with Crippen molar-refractivity contribution < 1.29 is 9.84 Å². The summed E-state index contributed by atoms with van der Waals surface area (Å²) in [6.45, 7) is 3.31. The molecule has 1 heterocycles. The van der Waals surface area contributed by atoms with E-state index in [0.29, 0.717) is 18.4 Å². The van der Waals surface area contributed by atoms with E-state index in [9.17, 15) is 5.11 Å². The minimum atomic E-state index is -0.658. The zero-order valence-electron chi connectivity index (χ0n) is 12.9. The minimum Gasteiger partial charge on any atom is -0.467 e. The highest BCUT2D eigenvalue weighted by atomic mass is 16.5. The van der Waals surface area contributed by atoms with Gasteiger partial charge < -0.3 is 20.5 Å². The van der Waals surface area contributed by atoms with Gasteiger partial charge in [0.05, 0.1) is 12.7 Å². The predicted octanol–water partition coefficient (Wildman–Crippen LogP) is 1.81. The molecule has 7 nitrogen and oxygen atoms in total. The fraction of sp³-hybridized carbons (Fsp3) is 0.786. The predicted molar refractivity (Wildman–Crippen MR) is 81.7 cm³/mol. The smallest absolute Gasteiger partial charge is 0.322 e. The van der Waals surface area contributed by atoms with Crippen molar-refractivity contribution in [1.82, 2.24) is 15.0 Å². The first-order valence-corrected chi connectivity index (χ1v) is 7.65. The van der Waals surface area contributed by atoms with Crippen molar-refractivity contribution in [2.45, 2.75) is 51.0 Å². The molecule has 1 aromatic rings. The molecule has 0 aromatic carbocycles. The fourth-order valence-electron chi connectivity index (χ4n) is 2.47. The van der Waals surface area contributed by atoms with Crippen molar-refractivity contribution in [3.63, 3.8) is 0 Å². The van der Waals surface area contributed by atoms with Crippen molar-refractivity contribution in [2.75, 3.05) is 30.8 Å². The lowest BCUT2D eigenvalue weighted by Crippen LogP contribution is -2.39. The standard InChI is InChI=1S/C14H25N5O2/c1-3-9-15-11-17-12(19-13(18-11)21-2)16-10-14(20)7-5-4-6-8-14/h20H,3-10H2,1-2H3,(H2,15,16,17,18,19). The van der Waals surface area contributed by atoms with E-state index < -0.39 is 5.60 Å². The van der Waals surface area contributed by atoms with E-state index in [1.54, 1.807) is 0 Å². The van der Waals surface area contributed by atoms with Crippen LogP contribution in [0.25, 0.3) is 0 Å². The highest BCUT2D eigenvalue weighted by Gasteiger charge is 2.29. The molecule has 1 aromatic heterocycles. The Morgan fingerprint density at radius 3 is 2.38 bits per heavy atom. The molecule has 1 saturated carbocycles. The van der Waals surface area contributed by atoms with E-state index in [2.05, 4.69) is 32.5 Å².